The Morgan fingerprint density at radius 3 is 1.90 bits per heavy atom. The Hall–Kier alpha value is -3.35. The van der Waals surface area contributed by atoms with Gasteiger partial charge in [-0.05, 0) is 30.5 Å². The van der Waals surface area contributed by atoms with Gasteiger partial charge in [-0.15, -0.1) is 0 Å². The third-order valence-corrected chi connectivity index (χ3v) is 3.23. The summed E-state index contributed by atoms with van der Waals surface area (Å²) < 4.78 is 31.7. The second-order valence-corrected chi connectivity index (χ2v) is 5.61. The average molecular weight is 424 g/mol. The molecule has 0 fully saturated rings. The Bertz CT molecular complexity index is 722. The van der Waals surface area contributed by atoms with E-state index in [0.29, 0.717) is 5.56 Å². The van der Waals surface area contributed by atoms with Crippen molar-refractivity contribution in [2.24, 2.45) is 5.73 Å². The lowest BCUT2D eigenvalue weighted by Crippen LogP contribution is -2.49. The summed E-state index contributed by atoms with van der Waals surface area (Å²) >= 11 is 0. The summed E-state index contributed by atoms with van der Waals surface area (Å²) in [5, 5.41) is 36.0. The van der Waals surface area contributed by atoms with Crippen LogP contribution in [0.15, 0.2) is 24.3 Å². The summed E-state index contributed by atoms with van der Waals surface area (Å²) in [7, 11) is 0. The van der Waals surface area contributed by atoms with Gasteiger partial charge in [0, 0.05) is 6.42 Å². The number of hydrogen-bond donors (Lipinski definition) is 6. The van der Waals surface area contributed by atoms with Crippen molar-refractivity contribution < 1.29 is 52.8 Å². The van der Waals surface area contributed by atoms with Crippen LogP contribution in [0, 0.1) is 0 Å². The number of benzene rings is 1. The third kappa shape index (κ3) is 11.2. The van der Waals surface area contributed by atoms with Gasteiger partial charge in [-0.2, -0.15) is 13.2 Å². The van der Waals surface area contributed by atoms with Gasteiger partial charge in [0.25, 0.3) is 0 Å². The van der Waals surface area contributed by atoms with Crippen LogP contribution in [-0.4, -0.2) is 62.5 Å². The summed E-state index contributed by atoms with van der Waals surface area (Å²) in [6.07, 6.45) is -5.51. The zero-order valence-electron chi connectivity index (χ0n) is 14.7. The van der Waals surface area contributed by atoms with E-state index < -0.39 is 42.1 Å². The van der Waals surface area contributed by atoms with Gasteiger partial charge >= 0.3 is 24.1 Å². The molecular formula is C16H19F3N2O8. The van der Waals surface area contributed by atoms with Crippen molar-refractivity contribution in [3.8, 4) is 5.75 Å². The van der Waals surface area contributed by atoms with Gasteiger partial charge in [0.05, 0.1) is 6.04 Å². The van der Waals surface area contributed by atoms with E-state index in [4.69, 9.17) is 31.0 Å². The Morgan fingerprint density at radius 1 is 1.03 bits per heavy atom. The minimum Gasteiger partial charge on any atom is -0.508 e. The molecule has 0 aliphatic rings. The molecule has 1 rings (SSSR count). The molecule has 7 N–H and O–H groups in total. The van der Waals surface area contributed by atoms with Crippen LogP contribution in [0.1, 0.15) is 18.4 Å². The summed E-state index contributed by atoms with van der Waals surface area (Å²) in [5.41, 5.74) is 6.41. The van der Waals surface area contributed by atoms with Crippen molar-refractivity contribution in [2.75, 3.05) is 0 Å². The Kier molecular flexibility index (Phi) is 10.2. The Balaban J connectivity index is 0.000000956. The first-order chi connectivity index (χ1) is 13.2. The van der Waals surface area contributed by atoms with Gasteiger partial charge in [-0.3, -0.25) is 9.59 Å². The van der Waals surface area contributed by atoms with Gasteiger partial charge < -0.3 is 31.5 Å². The van der Waals surface area contributed by atoms with Crippen molar-refractivity contribution >= 4 is 23.8 Å². The largest absolute Gasteiger partial charge is 0.508 e. The van der Waals surface area contributed by atoms with Crippen molar-refractivity contribution in [1.82, 2.24) is 5.32 Å². The highest BCUT2D eigenvalue weighted by Crippen LogP contribution is 2.13. The molecule has 162 valence electrons. The van der Waals surface area contributed by atoms with Gasteiger partial charge in [0.2, 0.25) is 5.91 Å². The van der Waals surface area contributed by atoms with E-state index >= 15 is 0 Å². The zero-order valence-corrected chi connectivity index (χ0v) is 14.7. The molecule has 0 heterocycles. The van der Waals surface area contributed by atoms with Crippen LogP contribution in [0.3, 0.4) is 0 Å². The third-order valence-electron chi connectivity index (χ3n) is 3.23. The normalized spacial score (nSPS) is 12.7. The predicted octanol–water partition coefficient (Wildman–Crippen LogP) is 0.329. The average Bonchev–Trinajstić information content (AvgIpc) is 2.59. The van der Waals surface area contributed by atoms with Crippen LogP contribution in [-0.2, 0) is 25.6 Å². The zero-order chi connectivity index (χ0) is 22.8. The number of aliphatic carboxylic acids is 3. The fourth-order valence-electron chi connectivity index (χ4n) is 1.78. The van der Waals surface area contributed by atoms with E-state index in [9.17, 15) is 27.6 Å². The smallest absolute Gasteiger partial charge is 0.490 e. The maximum Gasteiger partial charge on any atom is 0.490 e. The van der Waals surface area contributed by atoms with Crippen LogP contribution in [0.4, 0.5) is 13.2 Å². The molecule has 1 aromatic rings. The molecule has 0 saturated carbocycles. The lowest BCUT2D eigenvalue weighted by atomic mass is 10.0. The quantitative estimate of drug-likeness (QED) is 0.342. The number of rotatable bonds is 8. The predicted molar refractivity (Wildman–Crippen MR) is 89.9 cm³/mol. The molecule has 2 atom stereocenters. The SMILES string of the molecule is N[C@@H](Cc1ccc(O)cc1)C(=O)N[C@@H](CCC(=O)O)C(=O)O.O=C(O)C(F)(F)F. The molecule has 0 aliphatic carbocycles. The molecule has 0 saturated heterocycles. The number of nitrogens with two attached hydrogens (primary N) is 1. The molecular weight excluding hydrogens is 405 g/mol. The first-order valence-electron chi connectivity index (χ1n) is 7.82. The molecule has 0 unspecified atom stereocenters. The molecule has 0 aromatic heterocycles. The van der Waals surface area contributed by atoms with Crippen molar-refractivity contribution in [1.29, 1.82) is 0 Å². The second-order valence-electron chi connectivity index (χ2n) is 5.61. The number of carboxylic acids is 3. The van der Waals surface area contributed by atoms with Gasteiger partial charge in [0.1, 0.15) is 11.8 Å². The lowest BCUT2D eigenvalue weighted by molar-refractivity contribution is -0.192. The topological polar surface area (TPSA) is 187 Å². The summed E-state index contributed by atoms with van der Waals surface area (Å²) in [6, 6.07) is 3.83. The number of carbonyl (C=O) groups is 4. The van der Waals surface area contributed by atoms with Crippen molar-refractivity contribution in [2.45, 2.75) is 37.5 Å². The standard InChI is InChI=1S/C14H18N2O6.C2HF3O2/c15-10(7-8-1-3-9(17)4-2-8)13(20)16-11(14(21)22)5-6-12(18)19;3-2(4,5)1(6)7/h1-4,10-11,17H,5-7,15H2,(H,16,20)(H,18,19)(H,21,22);(H,6,7)/t10-,11-;/m0./s1. The fourth-order valence-corrected chi connectivity index (χ4v) is 1.78. The van der Waals surface area contributed by atoms with E-state index in [1.807, 2.05) is 0 Å². The first-order valence-corrected chi connectivity index (χ1v) is 7.82. The Morgan fingerprint density at radius 2 is 1.52 bits per heavy atom. The van der Waals surface area contributed by atoms with Crippen LogP contribution in [0.2, 0.25) is 0 Å². The highest BCUT2D eigenvalue weighted by Gasteiger charge is 2.38. The number of amides is 1. The molecule has 0 bridgehead atoms. The van der Waals surface area contributed by atoms with E-state index in [1.165, 1.54) is 12.1 Å². The molecule has 0 aliphatic heterocycles. The molecule has 1 amide bonds. The summed E-state index contributed by atoms with van der Waals surface area (Å²) in [5.74, 6) is -5.81. The molecule has 10 nitrogen and oxygen atoms in total. The van der Waals surface area contributed by atoms with Gasteiger partial charge in [-0.1, -0.05) is 12.1 Å². The van der Waals surface area contributed by atoms with Crippen LogP contribution in [0.25, 0.3) is 0 Å². The van der Waals surface area contributed by atoms with Crippen molar-refractivity contribution in [3.63, 3.8) is 0 Å². The summed E-state index contributed by atoms with van der Waals surface area (Å²) in [4.78, 5) is 42.2. The van der Waals surface area contributed by atoms with Crippen LogP contribution < -0.4 is 11.1 Å². The van der Waals surface area contributed by atoms with Gasteiger partial charge in [-0.25, -0.2) is 9.59 Å². The number of halogens is 3. The van der Waals surface area contributed by atoms with E-state index in [2.05, 4.69) is 5.32 Å². The molecule has 29 heavy (non-hydrogen) atoms. The number of alkyl halides is 3. The monoisotopic (exact) mass is 424 g/mol. The molecule has 0 spiro atoms. The molecule has 1 aromatic carbocycles. The van der Waals surface area contributed by atoms with E-state index in [1.54, 1.807) is 12.1 Å². The number of aromatic hydroxyl groups is 1. The minimum absolute atomic E-state index is 0.0846. The van der Waals surface area contributed by atoms with Crippen molar-refractivity contribution in [3.05, 3.63) is 29.8 Å². The second kappa shape index (κ2) is 11.5. The van der Waals surface area contributed by atoms with Gasteiger partial charge in [0.15, 0.2) is 0 Å². The van der Waals surface area contributed by atoms with Crippen LogP contribution >= 0.6 is 0 Å². The maximum atomic E-state index is 11.9. The molecule has 13 heteroatoms. The number of carboxylic acid groups (broad SMARTS) is 3. The number of phenolic OH excluding ortho intramolecular Hbond substituents is 1. The molecule has 0 radical (unpaired) electrons. The van der Waals surface area contributed by atoms with Crippen LogP contribution in [0.5, 0.6) is 5.75 Å². The fraction of sp³-hybridized carbons (Fsp3) is 0.375. The lowest BCUT2D eigenvalue weighted by Gasteiger charge is -2.17. The van der Waals surface area contributed by atoms with E-state index in [-0.39, 0.29) is 25.0 Å². The number of nitrogens with one attached hydrogen (secondary N) is 1. The maximum absolute atomic E-state index is 11.9. The highest BCUT2D eigenvalue weighted by molar-refractivity contribution is 5.87. The highest BCUT2D eigenvalue weighted by atomic mass is 19.4. The number of hydrogen-bond acceptors (Lipinski definition) is 6. The van der Waals surface area contributed by atoms with E-state index in [0.717, 1.165) is 0 Å². The number of phenols is 1. The first kappa shape index (κ1) is 25.6. The number of carbonyl (C=O) groups excluding carboxylic acids is 1. The Labute approximate surface area is 161 Å². The summed E-state index contributed by atoms with van der Waals surface area (Å²) in [6.45, 7) is 0. The minimum atomic E-state index is -5.08.